The molecule has 3 amide bonds. The third kappa shape index (κ3) is 15.3. The molecule has 260 valence electrons. The lowest BCUT2D eigenvalue weighted by Gasteiger charge is -2.22. The third-order valence-corrected chi connectivity index (χ3v) is 7.38. The molecular weight excluding hydrogens is 630 g/mol. The quantitative estimate of drug-likeness (QED) is 0.0869. The van der Waals surface area contributed by atoms with Crippen LogP contribution in [0.4, 0.5) is 0 Å². The number of nitrogens with one attached hydrogen (secondary N) is 3. The van der Waals surface area contributed by atoms with Crippen molar-refractivity contribution in [1.29, 1.82) is 0 Å². The predicted molar refractivity (Wildman–Crippen MR) is 179 cm³/mol. The fourth-order valence-electron chi connectivity index (χ4n) is 4.63. The number of hydrogen-bond acceptors (Lipinski definition) is 9. The summed E-state index contributed by atoms with van der Waals surface area (Å²) in [4.78, 5) is 74.8. The van der Waals surface area contributed by atoms with Crippen LogP contribution in [0, 0.1) is 0 Å². The van der Waals surface area contributed by atoms with E-state index in [2.05, 4.69) is 16.0 Å². The Balaban J connectivity index is 1.49. The zero-order chi connectivity index (χ0) is 35.3. The first kappa shape index (κ1) is 37.9. The van der Waals surface area contributed by atoms with Gasteiger partial charge in [-0.25, -0.2) is 4.79 Å². The van der Waals surface area contributed by atoms with Crippen LogP contribution in [0.3, 0.4) is 0 Å². The van der Waals surface area contributed by atoms with E-state index >= 15 is 0 Å². The highest BCUT2D eigenvalue weighted by molar-refractivity contribution is 5.89. The number of benzene rings is 3. The predicted octanol–water partition coefficient (Wildman–Crippen LogP) is 3.66. The van der Waals surface area contributed by atoms with Crippen molar-refractivity contribution in [2.24, 2.45) is 0 Å². The smallest absolute Gasteiger partial charge is 0.328 e. The molecule has 0 aliphatic carbocycles. The van der Waals surface area contributed by atoms with Crippen molar-refractivity contribution < 1.29 is 43.0 Å². The Hall–Kier alpha value is -5.52. The van der Waals surface area contributed by atoms with Crippen LogP contribution in [0.15, 0.2) is 91.0 Å². The third-order valence-electron chi connectivity index (χ3n) is 7.38. The van der Waals surface area contributed by atoms with Crippen LogP contribution in [0.1, 0.15) is 62.1 Å². The van der Waals surface area contributed by atoms with Crippen LogP contribution < -0.4 is 16.0 Å². The molecule has 49 heavy (non-hydrogen) atoms. The Labute approximate surface area is 285 Å². The van der Waals surface area contributed by atoms with Gasteiger partial charge in [-0.15, -0.1) is 0 Å². The number of hydrogen-bond donors (Lipinski definition) is 3. The first-order chi connectivity index (χ1) is 23.7. The van der Waals surface area contributed by atoms with E-state index in [0.29, 0.717) is 12.8 Å². The molecule has 0 radical (unpaired) electrons. The van der Waals surface area contributed by atoms with E-state index in [1.54, 1.807) is 31.2 Å². The van der Waals surface area contributed by atoms with E-state index in [1.807, 2.05) is 66.7 Å². The van der Waals surface area contributed by atoms with Gasteiger partial charge >= 0.3 is 17.9 Å². The molecule has 0 bridgehead atoms. The molecule has 3 aromatic rings. The molecule has 12 nitrogen and oxygen atoms in total. The molecule has 0 aliphatic rings. The van der Waals surface area contributed by atoms with Crippen LogP contribution in [-0.4, -0.2) is 54.3 Å². The van der Waals surface area contributed by atoms with Crippen molar-refractivity contribution >= 4 is 36.1 Å². The molecule has 12 heteroatoms. The van der Waals surface area contributed by atoms with Crippen LogP contribution in [0.25, 0.3) is 0 Å². The zero-order valence-electron chi connectivity index (χ0n) is 27.5. The van der Waals surface area contributed by atoms with Gasteiger partial charge in [0, 0.05) is 25.3 Å². The number of esters is 3. The van der Waals surface area contributed by atoms with Crippen LogP contribution in [0.2, 0.25) is 0 Å². The summed E-state index contributed by atoms with van der Waals surface area (Å²) in [7, 11) is 0. The largest absolute Gasteiger partial charge is 0.461 e. The van der Waals surface area contributed by atoms with Crippen molar-refractivity contribution in [2.75, 3.05) is 0 Å². The van der Waals surface area contributed by atoms with Gasteiger partial charge in [0.15, 0.2) is 0 Å². The number of ether oxygens (including phenoxy) is 3. The molecule has 3 atom stereocenters. The average molecular weight is 674 g/mol. The first-order valence-corrected chi connectivity index (χ1v) is 16.1. The van der Waals surface area contributed by atoms with Gasteiger partial charge in [0.1, 0.15) is 31.9 Å². The van der Waals surface area contributed by atoms with Crippen LogP contribution in [0.5, 0.6) is 0 Å². The summed E-state index contributed by atoms with van der Waals surface area (Å²) in [5, 5.41) is 7.72. The van der Waals surface area contributed by atoms with E-state index in [4.69, 9.17) is 14.2 Å². The average Bonchev–Trinajstić information content (AvgIpc) is 3.12. The second-order valence-corrected chi connectivity index (χ2v) is 11.4. The van der Waals surface area contributed by atoms with E-state index in [9.17, 15) is 28.8 Å². The SMILES string of the molecule is CC(CCC(=O)OCc1ccccc1)NC(=O)CCC(NC=O)C(=O)NC(CCC(=O)OCc1ccccc1)C(=O)OCc1ccccc1. The molecular formula is C37H43N3O9. The van der Waals surface area contributed by atoms with Gasteiger partial charge in [-0.3, -0.25) is 24.0 Å². The van der Waals surface area contributed by atoms with Crippen molar-refractivity contribution in [2.45, 2.75) is 83.4 Å². The molecule has 3 aromatic carbocycles. The highest BCUT2D eigenvalue weighted by Gasteiger charge is 2.28. The van der Waals surface area contributed by atoms with Crippen LogP contribution >= 0.6 is 0 Å². The summed E-state index contributed by atoms with van der Waals surface area (Å²) in [6, 6.07) is 24.6. The zero-order valence-corrected chi connectivity index (χ0v) is 27.5. The Morgan fingerprint density at radius 3 is 1.53 bits per heavy atom. The molecule has 3 unspecified atom stereocenters. The van der Waals surface area contributed by atoms with Crippen molar-refractivity contribution in [3.05, 3.63) is 108 Å². The summed E-state index contributed by atoms with van der Waals surface area (Å²) in [6.07, 6.45) is 0.264. The Morgan fingerprint density at radius 2 is 1.04 bits per heavy atom. The Bertz CT molecular complexity index is 1490. The molecule has 0 fully saturated rings. The Morgan fingerprint density at radius 1 is 0.592 bits per heavy atom. The molecule has 0 spiro atoms. The number of carbonyl (C=O) groups excluding carboxylic acids is 6. The summed E-state index contributed by atoms with van der Waals surface area (Å²) >= 11 is 0. The number of carbonyl (C=O) groups is 6. The van der Waals surface area contributed by atoms with Crippen molar-refractivity contribution in [3.8, 4) is 0 Å². The normalized spacial score (nSPS) is 12.3. The lowest BCUT2D eigenvalue weighted by atomic mass is 10.1. The van der Waals surface area contributed by atoms with Gasteiger partial charge in [-0.05, 0) is 42.9 Å². The maximum atomic E-state index is 13.2. The summed E-state index contributed by atoms with van der Waals surface area (Å²) < 4.78 is 16.0. The lowest BCUT2D eigenvalue weighted by Crippen LogP contribution is -2.50. The lowest BCUT2D eigenvalue weighted by molar-refractivity contribution is -0.151. The van der Waals surface area contributed by atoms with E-state index in [0.717, 1.165) is 16.7 Å². The van der Waals surface area contributed by atoms with Gasteiger partial charge < -0.3 is 30.2 Å². The van der Waals surface area contributed by atoms with Gasteiger partial charge in [0.05, 0.1) is 0 Å². The minimum Gasteiger partial charge on any atom is -0.461 e. The molecule has 0 heterocycles. The highest BCUT2D eigenvalue weighted by atomic mass is 16.5. The molecule has 0 aliphatic heterocycles. The van der Waals surface area contributed by atoms with E-state index in [-0.39, 0.29) is 58.0 Å². The summed E-state index contributed by atoms with van der Waals surface area (Å²) in [5.41, 5.74) is 2.40. The molecule has 3 N–H and O–H groups in total. The van der Waals surface area contributed by atoms with E-state index in [1.165, 1.54) is 0 Å². The highest BCUT2D eigenvalue weighted by Crippen LogP contribution is 2.10. The van der Waals surface area contributed by atoms with Crippen molar-refractivity contribution in [1.82, 2.24) is 16.0 Å². The maximum absolute atomic E-state index is 13.2. The fraction of sp³-hybridized carbons (Fsp3) is 0.351. The molecule has 0 aromatic heterocycles. The number of rotatable bonds is 21. The van der Waals surface area contributed by atoms with Gasteiger partial charge in [0.2, 0.25) is 18.2 Å². The summed E-state index contributed by atoms with van der Waals surface area (Å²) in [5.74, 6) is -2.86. The molecule has 0 saturated carbocycles. The standard InChI is InChI=1S/C37H43N3O9/c1-27(17-21-34(43)47-23-28-11-5-2-6-12-28)39-33(42)20-18-31(38-26-41)36(45)40-32(37(46)49-25-30-15-9-4-10-16-30)19-22-35(44)48-24-29-13-7-3-8-14-29/h2-16,26-27,31-32H,17-25H2,1H3,(H,38,41)(H,39,42)(H,40,45). The summed E-state index contributed by atoms with van der Waals surface area (Å²) in [6.45, 7) is 1.91. The minimum atomic E-state index is -1.23. The molecule has 0 saturated heterocycles. The second-order valence-electron chi connectivity index (χ2n) is 11.4. The number of amides is 3. The van der Waals surface area contributed by atoms with E-state index < -0.39 is 41.8 Å². The monoisotopic (exact) mass is 673 g/mol. The van der Waals surface area contributed by atoms with Crippen LogP contribution in [-0.2, 0) is 62.8 Å². The molecule has 3 rings (SSSR count). The van der Waals surface area contributed by atoms with Gasteiger partial charge in [0.25, 0.3) is 0 Å². The van der Waals surface area contributed by atoms with Gasteiger partial charge in [-0.1, -0.05) is 91.0 Å². The maximum Gasteiger partial charge on any atom is 0.328 e. The Kier molecular flexibility index (Phi) is 16.5. The topological polar surface area (TPSA) is 166 Å². The fourth-order valence-corrected chi connectivity index (χ4v) is 4.63. The van der Waals surface area contributed by atoms with Crippen molar-refractivity contribution in [3.63, 3.8) is 0 Å². The first-order valence-electron chi connectivity index (χ1n) is 16.1. The minimum absolute atomic E-state index is 0.0520. The second kappa shape index (κ2) is 21.4. The van der Waals surface area contributed by atoms with Gasteiger partial charge in [-0.2, -0.15) is 0 Å².